The molecule has 10 nitrogen and oxygen atoms in total. The number of fused-ring (bicyclic) bond motifs is 1. The van der Waals surface area contributed by atoms with Gasteiger partial charge < -0.3 is 25.0 Å². The molecule has 1 aliphatic heterocycles. The lowest BCUT2D eigenvalue weighted by Crippen LogP contribution is -2.60. The first-order valence-electron chi connectivity index (χ1n) is 11.8. The summed E-state index contributed by atoms with van der Waals surface area (Å²) >= 11 is 0. The lowest BCUT2D eigenvalue weighted by Gasteiger charge is -2.40. The molecule has 5 rings (SSSR count). The van der Waals surface area contributed by atoms with E-state index in [4.69, 9.17) is 14.5 Å². The zero-order valence-electron chi connectivity index (χ0n) is 20.6. The minimum Gasteiger partial charge on any atom is -0.444 e. The highest BCUT2D eigenvalue weighted by Crippen LogP contribution is 2.28. The van der Waals surface area contributed by atoms with Crippen LogP contribution in [0, 0.1) is 5.82 Å². The van der Waals surface area contributed by atoms with Crippen molar-refractivity contribution >= 4 is 34.4 Å². The maximum absolute atomic E-state index is 14.7. The maximum Gasteiger partial charge on any atom is 0.407 e. The Morgan fingerprint density at radius 2 is 1.86 bits per heavy atom. The van der Waals surface area contributed by atoms with Crippen LogP contribution < -0.4 is 20.3 Å². The molecule has 2 N–H and O–H groups in total. The highest BCUT2D eigenvalue weighted by Gasteiger charge is 2.31. The molecule has 1 aromatic carbocycles. The molecular formula is C26H26FN7O3. The number of hydrogen-bond acceptors (Lipinski definition) is 9. The Kier molecular flexibility index (Phi) is 6.43. The Balaban J connectivity index is 1.28. The molecule has 0 radical (unpaired) electrons. The fourth-order valence-electron chi connectivity index (χ4n) is 3.73. The Hall–Kier alpha value is -4.54. The third-order valence-corrected chi connectivity index (χ3v) is 5.42. The zero-order chi connectivity index (χ0) is 26.0. The number of halogens is 1. The Morgan fingerprint density at radius 3 is 2.59 bits per heavy atom. The van der Waals surface area contributed by atoms with Crippen molar-refractivity contribution in [1.29, 1.82) is 0 Å². The predicted molar refractivity (Wildman–Crippen MR) is 137 cm³/mol. The minimum absolute atomic E-state index is 0.0392. The van der Waals surface area contributed by atoms with Crippen molar-refractivity contribution in [2.45, 2.75) is 32.4 Å². The first-order chi connectivity index (χ1) is 17.7. The predicted octanol–water partition coefficient (Wildman–Crippen LogP) is 4.81. The molecule has 0 unspecified atom stereocenters. The van der Waals surface area contributed by atoms with Crippen LogP contribution in [0.2, 0.25) is 0 Å². The van der Waals surface area contributed by atoms with E-state index in [1.54, 1.807) is 24.3 Å². The number of carbonyl (C=O) groups is 1. The molecule has 1 saturated heterocycles. The topological polar surface area (TPSA) is 114 Å². The summed E-state index contributed by atoms with van der Waals surface area (Å²) < 4.78 is 25.5. The summed E-state index contributed by atoms with van der Waals surface area (Å²) in [6.45, 7) is 6.65. The highest BCUT2D eigenvalue weighted by molar-refractivity contribution is 5.88. The second kappa shape index (κ2) is 9.84. The van der Waals surface area contributed by atoms with Gasteiger partial charge in [-0.15, -0.1) is 0 Å². The van der Waals surface area contributed by atoms with Crippen molar-refractivity contribution in [2.75, 3.05) is 23.3 Å². The van der Waals surface area contributed by atoms with Crippen LogP contribution in [-0.2, 0) is 4.74 Å². The fraction of sp³-hybridized carbons (Fsp3) is 0.269. The summed E-state index contributed by atoms with van der Waals surface area (Å²) in [6.07, 6.45) is 2.43. The Morgan fingerprint density at radius 1 is 1.08 bits per heavy atom. The molecule has 0 aliphatic carbocycles. The van der Waals surface area contributed by atoms with Crippen LogP contribution in [0.3, 0.4) is 0 Å². The molecule has 190 valence electrons. The molecule has 0 atom stereocenters. The molecular weight excluding hydrogens is 477 g/mol. The number of nitrogens with one attached hydrogen (secondary N) is 2. The van der Waals surface area contributed by atoms with E-state index >= 15 is 0 Å². The van der Waals surface area contributed by atoms with E-state index in [0.29, 0.717) is 47.2 Å². The number of rotatable bonds is 6. The van der Waals surface area contributed by atoms with Crippen LogP contribution in [-0.4, -0.2) is 50.8 Å². The molecule has 0 saturated carbocycles. The SMILES string of the molecule is CC(C)(C)OC(=O)NC1CN(c2ccc3ncnc(Nc4cnc(Oc5ccccc5)c(F)c4)c3n2)C1. The van der Waals surface area contributed by atoms with Gasteiger partial charge in [0, 0.05) is 19.2 Å². The van der Waals surface area contributed by atoms with Gasteiger partial charge in [0.25, 0.3) is 5.88 Å². The van der Waals surface area contributed by atoms with Crippen LogP contribution in [0.15, 0.2) is 61.1 Å². The lowest BCUT2D eigenvalue weighted by molar-refractivity contribution is 0.0496. The third-order valence-electron chi connectivity index (χ3n) is 5.42. The number of aromatic nitrogens is 4. The summed E-state index contributed by atoms with van der Waals surface area (Å²) in [7, 11) is 0. The van der Waals surface area contributed by atoms with Crippen LogP contribution in [0.4, 0.5) is 26.5 Å². The quantitative estimate of drug-likeness (QED) is 0.383. The van der Waals surface area contributed by atoms with Gasteiger partial charge in [-0.25, -0.2) is 29.1 Å². The van der Waals surface area contributed by atoms with Gasteiger partial charge in [0.1, 0.15) is 29.0 Å². The van der Waals surface area contributed by atoms with Crippen LogP contribution in [0.5, 0.6) is 11.6 Å². The largest absolute Gasteiger partial charge is 0.444 e. The second-order valence-electron chi connectivity index (χ2n) is 9.56. The van der Waals surface area contributed by atoms with Crippen LogP contribution in [0.1, 0.15) is 20.8 Å². The first kappa shape index (κ1) is 24.2. The number of ether oxygens (including phenoxy) is 2. The van der Waals surface area contributed by atoms with Crippen molar-refractivity contribution in [1.82, 2.24) is 25.3 Å². The van der Waals surface area contributed by atoms with E-state index < -0.39 is 17.5 Å². The van der Waals surface area contributed by atoms with Gasteiger partial charge >= 0.3 is 6.09 Å². The molecule has 0 bridgehead atoms. The summed E-state index contributed by atoms with van der Waals surface area (Å²) in [4.78, 5) is 31.4. The van der Waals surface area contributed by atoms with Gasteiger partial charge in [-0.05, 0) is 45.0 Å². The molecule has 4 aromatic rings. The number of anilines is 3. The number of amides is 1. The van der Waals surface area contributed by atoms with E-state index in [1.165, 1.54) is 18.6 Å². The number of para-hydroxylation sites is 1. The van der Waals surface area contributed by atoms with Crippen molar-refractivity contribution < 1.29 is 18.7 Å². The molecule has 1 fully saturated rings. The molecule has 0 spiro atoms. The van der Waals surface area contributed by atoms with Gasteiger partial charge in [-0.1, -0.05) is 18.2 Å². The standard InChI is InChI=1S/C26H26FN7O3/c1-26(2,3)37-25(35)32-17-13-34(14-17)21-10-9-20-22(33-21)23(30-15-29-20)31-16-11-19(27)24(28-12-16)36-18-7-5-4-6-8-18/h4-12,15,17H,13-14H2,1-3H3,(H,32,35)(H,29,30,31). The molecule has 11 heteroatoms. The van der Waals surface area contributed by atoms with E-state index in [1.807, 2.05) is 43.9 Å². The molecule has 1 aliphatic rings. The minimum atomic E-state index is -0.620. The fourth-order valence-corrected chi connectivity index (χ4v) is 3.73. The van der Waals surface area contributed by atoms with Gasteiger partial charge in [0.05, 0.1) is 23.4 Å². The number of benzene rings is 1. The monoisotopic (exact) mass is 503 g/mol. The molecule has 1 amide bonds. The van der Waals surface area contributed by atoms with E-state index in [-0.39, 0.29) is 11.9 Å². The average molecular weight is 504 g/mol. The van der Waals surface area contributed by atoms with Crippen molar-refractivity contribution in [3.05, 3.63) is 66.9 Å². The molecule has 4 heterocycles. The number of nitrogens with zero attached hydrogens (tertiary/aromatic N) is 5. The molecule has 37 heavy (non-hydrogen) atoms. The number of alkyl carbamates (subject to hydrolysis) is 1. The summed E-state index contributed by atoms with van der Waals surface area (Å²) in [5.74, 6) is 0.863. The van der Waals surface area contributed by atoms with Gasteiger partial charge in [0.15, 0.2) is 11.6 Å². The Bertz CT molecular complexity index is 1420. The third kappa shape index (κ3) is 5.83. The summed E-state index contributed by atoms with van der Waals surface area (Å²) in [6, 6.07) is 13.8. The summed E-state index contributed by atoms with van der Waals surface area (Å²) in [5.41, 5.74) is 0.983. The van der Waals surface area contributed by atoms with Crippen molar-refractivity contribution in [3.63, 3.8) is 0 Å². The smallest absolute Gasteiger partial charge is 0.407 e. The summed E-state index contributed by atoms with van der Waals surface area (Å²) in [5, 5.41) is 5.93. The maximum atomic E-state index is 14.7. The van der Waals surface area contributed by atoms with E-state index in [2.05, 4.69) is 25.6 Å². The Labute approximate surface area is 212 Å². The number of carbonyl (C=O) groups excluding carboxylic acids is 1. The van der Waals surface area contributed by atoms with Crippen molar-refractivity contribution in [3.8, 4) is 11.6 Å². The van der Waals surface area contributed by atoms with Gasteiger partial charge in [-0.3, -0.25) is 0 Å². The van der Waals surface area contributed by atoms with Gasteiger partial charge in [0.2, 0.25) is 0 Å². The van der Waals surface area contributed by atoms with E-state index in [9.17, 15) is 9.18 Å². The number of hydrogen-bond donors (Lipinski definition) is 2. The van der Waals surface area contributed by atoms with Gasteiger partial charge in [-0.2, -0.15) is 0 Å². The highest BCUT2D eigenvalue weighted by atomic mass is 19.1. The average Bonchev–Trinajstić information content (AvgIpc) is 2.82. The van der Waals surface area contributed by atoms with Crippen LogP contribution in [0.25, 0.3) is 11.0 Å². The second-order valence-corrected chi connectivity index (χ2v) is 9.56. The molecule has 3 aromatic heterocycles. The lowest BCUT2D eigenvalue weighted by atomic mass is 10.1. The zero-order valence-corrected chi connectivity index (χ0v) is 20.6. The van der Waals surface area contributed by atoms with E-state index in [0.717, 1.165) is 0 Å². The first-order valence-corrected chi connectivity index (χ1v) is 11.8. The normalized spacial score (nSPS) is 13.7. The number of pyridine rings is 2. The van der Waals surface area contributed by atoms with Crippen molar-refractivity contribution in [2.24, 2.45) is 0 Å². The van der Waals surface area contributed by atoms with Crippen LogP contribution >= 0.6 is 0 Å².